The molecule has 2 N–H and O–H groups in total. The van der Waals surface area contributed by atoms with Gasteiger partial charge >= 0.3 is 0 Å². The number of nitrogens with two attached hydrogens (primary N) is 1. The zero-order chi connectivity index (χ0) is 12.0. The Morgan fingerprint density at radius 1 is 1.38 bits per heavy atom. The van der Waals surface area contributed by atoms with Crippen molar-refractivity contribution in [2.24, 2.45) is 11.7 Å². The van der Waals surface area contributed by atoms with Gasteiger partial charge in [-0.05, 0) is 32.1 Å². The van der Waals surface area contributed by atoms with Crippen LogP contribution in [0.25, 0.3) is 0 Å². The van der Waals surface area contributed by atoms with E-state index in [0.717, 1.165) is 19.5 Å². The number of hydrogen-bond acceptors (Lipinski definition) is 2. The fraction of sp³-hybridized carbons (Fsp3) is 0.923. The monoisotopic (exact) mass is 226 g/mol. The second-order valence-electron chi connectivity index (χ2n) is 5.08. The first-order valence-corrected chi connectivity index (χ1v) is 6.69. The van der Waals surface area contributed by atoms with E-state index in [2.05, 4.69) is 6.92 Å². The molecule has 0 aromatic heterocycles. The molecule has 0 spiro atoms. The highest BCUT2D eigenvalue weighted by atomic mass is 16.2. The molecule has 0 aromatic carbocycles. The maximum absolute atomic E-state index is 11.9. The number of rotatable bonds is 5. The molecule has 0 bridgehead atoms. The van der Waals surface area contributed by atoms with Crippen LogP contribution in [0.1, 0.15) is 52.4 Å². The van der Waals surface area contributed by atoms with Gasteiger partial charge in [-0.1, -0.05) is 26.2 Å². The Morgan fingerprint density at radius 3 is 2.50 bits per heavy atom. The Hall–Kier alpha value is -0.570. The minimum Gasteiger partial charge on any atom is -0.341 e. The molecule has 0 aromatic rings. The molecule has 0 saturated heterocycles. The summed E-state index contributed by atoms with van der Waals surface area (Å²) in [5, 5.41) is 0. The van der Waals surface area contributed by atoms with E-state index in [4.69, 9.17) is 5.73 Å². The summed E-state index contributed by atoms with van der Waals surface area (Å²) in [5.74, 6) is 0.829. The highest BCUT2D eigenvalue weighted by Crippen LogP contribution is 2.24. The second kappa shape index (κ2) is 6.89. The molecular formula is C13H26N2O. The lowest BCUT2D eigenvalue weighted by Gasteiger charge is -2.30. The number of nitrogens with zero attached hydrogens (tertiary/aromatic N) is 1. The highest BCUT2D eigenvalue weighted by Gasteiger charge is 2.21. The third-order valence-electron chi connectivity index (χ3n) is 3.40. The van der Waals surface area contributed by atoms with E-state index in [1.807, 2.05) is 4.90 Å². The maximum atomic E-state index is 11.9. The first-order chi connectivity index (χ1) is 7.65. The maximum Gasteiger partial charge on any atom is 0.239 e. The van der Waals surface area contributed by atoms with Gasteiger partial charge in [-0.25, -0.2) is 0 Å². The second-order valence-corrected chi connectivity index (χ2v) is 5.08. The number of amides is 1. The molecule has 16 heavy (non-hydrogen) atoms. The summed E-state index contributed by atoms with van der Waals surface area (Å²) in [7, 11) is 0. The summed E-state index contributed by atoms with van der Waals surface area (Å²) in [5.41, 5.74) is 5.68. The smallest absolute Gasteiger partial charge is 0.239 e. The standard InChI is InChI=1S/C13H26N2O/c1-3-9-15(13(16)11(2)14)10-12-7-5-4-6-8-12/h11-12H,3-10,14H2,1-2H3/t11-/m0/s1. The molecule has 1 rings (SSSR count). The summed E-state index contributed by atoms with van der Waals surface area (Å²) in [4.78, 5) is 13.9. The van der Waals surface area contributed by atoms with E-state index in [9.17, 15) is 4.79 Å². The topological polar surface area (TPSA) is 46.3 Å². The Balaban J connectivity index is 2.45. The zero-order valence-corrected chi connectivity index (χ0v) is 10.7. The first kappa shape index (κ1) is 13.5. The summed E-state index contributed by atoms with van der Waals surface area (Å²) < 4.78 is 0. The fourth-order valence-corrected chi connectivity index (χ4v) is 2.53. The lowest BCUT2D eigenvalue weighted by atomic mass is 9.89. The molecule has 0 aliphatic heterocycles. The molecule has 1 aliphatic carbocycles. The summed E-state index contributed by atoms with van der Waals surface area (Å²) >= 11 is 0. The van der Waals surface area contributed by atoms with Crippen LogP contribution in [0.2, 0.25) is 0 Å². The highest BCUT2D eigenvalue weighted by molar-refractivity contribution is 5.81. The number of carbonyl (C=O) groups is 1. The van der Waals surface area contributed by atoms with Crippen molar-refractivity contribution in [1.29, 1.82) is 0 Å². The van der Waals surface area contributed by atoms with Gasteiger partial charge in [0.2, 0.25) is 5.91 Å². The molecule has 0 unspecified atom stereocenters. The Kier molecular flexibility index (Phi) is 5.81. The van der Waals surface area contributed by atoms with E-state index in [1.54, 1.807) is 6.92 Å². The third-order valence-corrected chi connectivity index (χ3v) is 3.40. The van der Waals surface area contributed by atoms with Gasteiger partial charge in [0.15, 0.2) is 0 Å². The molecule has 1 aliphatic rings. The Morgan fingerprint density at radius 2 is 2.00 bits per heavy atom. The quantitative estimate of drug-likeness (QED) is 0.781. The molecule has 0 heterocycles. The van der Waals surface area contributed by atoms with Gasteiger partial charge < -0.3 is 10.6 Å². The molecule has 1 fully saturated rings. The van der Waals surface area contributed by atoms with Crippen molar-refractivity contribution in [2.45, 2.75) is 58.4 Å². The van der Waals surface area contributed by atoms with Crippen molar-refractivity contribution in [2.75, 3.05) is 13.1 Å². The van der Waals surface area contributed by atoms with Gasteiger partial charge in [-0.15, -0.1) is 0 Å². The third kappa shape index (κ3) is 4.12. The molecule has 3 heteroatoms. The van der Waals surface area contributed by atoms with Crippen molar-refractivity contribution in [1.82, 2.24) is 4.90 Å². The first-order valence-electron chi connectivity index (χ1n) is 6.69. The average molecular weight is 226 g/mol. The van der Waals surface area contributed by atoms with Crippen LogP contribution < -0.4 is 5.73 Å². The lowest BCUT2D eigenvalue weighted by Crippen LogP contribution is -2.44. The van der Waals surface area contributed by atoms with Crippen molar-refractivity contribution in [3.63, 3.8) is 0 Å². The van der Waals surface area contributed by atoms with Crippen molar-refractivity contribution >= 4 is 5.91 Å². The predicted octanol–water partition coefficient (Wildman–Crippen LogP) is 2.15. The van der Waals surface area contributed by atoms with Crippen LogP contribution in [0.3, 0.4) is 0 Å². The fourth-order valence-electron chi connectivity index (χ4n) is 2.53. The van der Waals surface area contributed by atoms with Crippen LogP contribution in [0.15, 0.2) is 0 Å². The van der Waals surface area contributed by atoms with E-state index in [1.165, 1.54) is 32.1 Å². The molecule has 1 amide bonds. The molecule has 1 saturated carbocycles. The summed E-state index contributed by atoms with van der Waals surface area (Å²) in [6.45, 7) is 5.68. The van der Waals surface area contributed by atoms with Gasteiger partial charge in [0.1, 0.15) is 0 Å². The van der Waals surface area contributed by atoms with Crippen LogP contribution in [-0.2, 0) is 4.79 Å². The SMILES string of the molecule is CCCN(CC1CCCCC1)C(=O)[C@H](C)N. The van der Waals surface area contributed by atoms with E-state index < -0.39 is 0 Å². The largest absolute Gasteiger partial charge is 0.341 e. The Bertz CT molecular complexity index is 210. The normalized spacial score (nSPS) is 19.4. The van der Waals surface area contributed by atoms with Gasteiger partial charge in [0, 0.05) is 13.1 Å². The molecule has 3 nitrogen and oxygen atoms in total. The average Bonchev–Trinajstić information content (AvgIpc) is 2.29. The van der Waals surface area contributed by atoms with Crippen molar-refractivity contribution in [3.05, 3.63) is 0 Å². The molecule has 1 atom stereocenters. The van der Waals surface area contributed by atoms with Crippen LogP contribution in [0, 0.1) is 5.92 Å². The van der Waals surface area contributed by atoms with Crippen molar-refractivity contribution < 1.29 is 4.79 Å². The predicted molar refractivity (Wildman–Crippen MR) is 67.1 cm³/mol. The Labute approximate surface area is 99.4 Å². The minimum absolute atomic E-state index is 0.118. The van der Waals surface area contributed by atoms with Crippen molar-refractivity contribution in [3.8, 4) is 0 Å². The van der Waals surface area contributed by atoms with E-state index in [0.29, 0.717) is 5.92 Å². The van der Waals surface area contributed by atoms with Crippen LogP contribution >= 0.6 is 0 Å². The molecule has 94 valence electrons. The van der Waals surface area contributed by atoms with Gasteiger partial charge in [-0.3, -0.25) is 4.79 Å². The minimum atomic E-state index is -0.352. The van der Waals surface area contributed by atoms with Gasteiger partial charge in [0.05, 0.1) is 6.04 Å². The van der Waals surface area contributed by atoms with Crippen LogP contribution in [0.5, 0.6) is 0 Å². The zero-order valence-electron chi connectivity index (χ0n) is 10.7. The number of carbonyl (C=O) groups excluding carboxylic acids is 1. The lowest BCUT2D eigenvalue weighted by molar-refractivity contribution is -0.133. The molecular weight excluding hydrogens is 200 g/mol. The van der Waals surface area contributed by atoms with Gasteiger partial charge in [-0.2, -0.15) is 0 Å². The molecule has 0 radical (unpaired) electrons. The van der Waals surface area contributed by atoms with E-state index >= 15 is 0 Å². The van der Waals surface area contributed by atoms with Gasteiger partial charge in [0.25, 0.3) is 0 Å². The summed E-state index contributed by atoms with van der Waals surface area (Å²) in [6, 6.07) is -0.352. The van der Waals surface area contributed by atoms with Crippen LogP contribution in [0.4, 0.5) is 0 Å². The number of hydrogen-bond donors (Lipinski definition) is 1. The van der Waals surface area contributed by atoms with Crippen LogP contribution in [-0.4, -0.2) is 29.9 Å². The summed E-state index contributed by atoms with van der Waals surface area (Å²) in [6.07, 6.45) is 7.61. The van der Waals surface area contributed by atoms with E-state index in [-0.39, 0.29) is 11.9 Å².